The van der Waals surface area contributed by atoms with E-state index in [1.54, 1.807) is 37.4 Å². The molecular weight excluding hydrogens is 520 g/mol. The number of rotatable bonds is 7. The molecule has 1 aromatic heterocycles. The fourth-order valence-corrected chi connectivity index (χ4v) is 3.08. The van der Waals surface area contributed by atoms with E-state index in [0.29, 0.717) is 36.2 Å². The number of nitrogens with zero attached hydrogens (tertiary/aromatic N) is 1. The van der Waals surface area contributed by atoms with Gasteiger partial charge in [-0.2, -0.15) is 0 Å². The van der Waals surface area contributed by atoms with E-state index in [2.05, 4.69) is 25.9 Å². The third-order valence-corrected chi connectivity index (χ3v) is 4.70. The first-order valence-electron chi connectivity index (χ1n) is 9.30. The predicted octanol–water partition coefficient (Wildman–Crippen LogP) is 3.72. The van der Waals surface area contributed by atoms with Crippen molar-refractivity contribution in [2.24, 2.45) is 4.99 Å². The summed E-state index contributed by atoms with van der Waals surface area (Å²) in [5, 5.41) is 10.7. The van der Waals surface area contributed by atoms with Gasteiger partial charge in [-0.3, -0.25) is 9.79 Å². The van der Waals surface area contributed by atoms with E-state index >= 15 is 0 Å². The van der Waals surface area contributed by atoms with Crippen LogP contribution in [0.5, 0.6) is 0 Å². The van der Waals surface area contributed by atoms with Gasteiger partial charge in [0, 0.05) is 54.4 Å². The Morgan fingerprint density at radius 1 is 1.07 bits per heavy atom. The van der Waals surface area contributed by atoms with Crippen LogP contribution in [0.3, 0.4) is 0 Å². The summed E-state index contributed by atoms with van der Waals surface area (Å²) in [6.45, 7) is 1.61. The summed E-state index contributed by atoms with van der Waals surface area (Å²) in [6, 6.07) is 11.5. The van der Waals surface area contributed by atoms with Crippen molar-refractivity contribution in [3.63, 3.8) is 0 Å². The van der Waals surface area contributed by atoms with Gasteiger partial charge in [-0.25, -0.2) is 4.39 Å². The lowest BCUT2D eigenvalue weighted by atomic mass is 10.1. The zero-order chi connectivity index (χ0) is 20.6. The molecule has 0 saturated carbocycles. The summed E-state index contributed by atoms with van der Waals surface area (Å²) in [7, 11) is 1.68. The van der Waals surface area contributed by atoms with Crippen molar-refractivity contribution in [3.05, 3.63) is 70.6 Å². The molecule has 30 heavy (non-hydrogen) atoms. The van der Waals surface area contributed by atoms with Crippen molar-refractivity contribution in [2.75, 3.05) is 26.7 Å². The molecule has 3 rings (SSSR count). The molecule has 0 bridgehead atoms. The highest BCUT2D eigenvalue weighted by Crippen LogP contribution is 2.19. The number of nitrogens with one attached hydrogen (secondary N) is 4. The van der Waals surface area contributed by atoms with E-state index in [9.17, 15) is 9.18 Å². The maximum absolute atomic E-state index is 13.5. The minimum atomic E-state index is -0.246. The molecule has 0 radical (unpaired) electrons. The van der Waals surface area contributed by atoms with Crippen molar-refractivity contribution in [1.82, 2.24) is 20.9 Å². The van der Waals surface area contributed by atoms with Crippen LogP contribution in [0, 0.1) is 5.82 Å². The molecule has 2 aromatic carbocycles. The SMILES string of the molecule is CN=C(NCCNC(=O)c1ccc(Cl)cc1)NCCc1c[nH]c2ccc(F)cc12.I. The number of hydrogen-bond acceptors (Lipinski definition) is 2. The molecule has 1 heterocycles. The maximum Gasteiger partial charge on any atom is 0.251 e. The Balaban J connectivity index is 0.00000320. The molecule has 0 atom stereocenters. The normalized spacial score (nSPS) is 11.1. The third kappa shape index (κ3) is 6.60. The first-order chi connectivity index (χ1) is 14.1. The second-order valence-electron chi connectivity index (χ2n) is 6.44. The minimum absolute atomic E-state index is 0. The molecule has 0 fully saturated rings. The van der Waals surface area contributed by atoms with Crippen LogP contribution in [-0.2, 0) is 6.42 Å². The van der Waals surface area contributed by atoms with Crippen LogP contribution in [0.15, 0.2) is 53.7 Å². The van der Waals surface area contributed by atoms with Gasteiger partial charge in [0.05, 0.1) is 0 Å². The number of amides is 1. The quantitative estimate of drug-likeness (QED) is 0.159. The molecule has 6 nitrogen and oxygen atoms in total. The molecule has 0 saturated heterocycles. The van der Waals surface area contributed by atoms with E-state index in [4.69, 9.17) is 11.6 Å². The second kappa shape index (κ2) is 11.8. The number of H-pyrrole nitrogens is 1. The fraction of sp³-hybridized carbons (Fsp3) is 0.238. The van der Waals surface area contributed by atoms with E-state index < -0.39 is 0 Å². The van der Waals surface area contributed by atoms with Gasteiger partial charge in [0.2, 0.25) is 0 Å². The van der Waals surface area contributed by atoms with Gasteiger partial charge >= 0.3 is 0 Å². The number of fused-ring (bicyclic) bond motifs is 1. The predicted molar refractivity (Wildman–Crippen MR) is 131 cm³/mol. The molecule has 0 spiro atoms. The Bertz CT molecular complexity index is 1010. The Labute approximate surface area is 196 Å². The number of guanidine groups is 1. The van der Waals surface area contributed by atoms with Crippen LogP contribution in [0.4, 0.5) is 4.39 Å². The molecule has 0 unspecified atom stereocenters. The Hall–Kier alpha value is -2.33. The summed E-state index contributed by atoms with van der Waals surface area (Å²) >= 11 is 5.82. The highest BCUT2D eigenvalue weighted by atomic mass is 127. The second-order valence-corrected chi connectivity index (χ2v) is 6.88. The lowest BCUT2D eigenvalue weighted by Crippen LogP contribution is -2.42. The van der Waals surface area contributed by atoms with Crippen LogP contribution < -0.4 is 16.0 Å². The fourth-order valence-electron chi connectivity index (χ4n) is 2.95. The molecule has 1 amide bonds. The maximum atomic E-state index is 13.5. The lowest BCUT2D eigenvalue weighted by molar-refractivity contribution is 0.0954. The number of carbonyl (C=O) groups is 1. The largest absolute Gasteiger partial charge is 0.361 e. The van der Waals surface area contributed by atoms with Crippen molar-refractivity contribution < 1.29 is 9.18 Å². The van der Waals surface area contributed by atoms with E-state index in [1.165, 1.54) is 12.1 Å². The highest BCUT2D eigenvalue weighted by molar-refractivity contribution is 14.0. The van der Waals surface area contributed by atoms with E-state index in [0.717, 1.165) is 22.9 Å². The molecule has 9 heteroatoms. The molecule has 0 aliphatic heterocycles. The van der Waals surface area contributed by atoms with Gasteiger partial charge in [-0.1, -0.05) is 11.6 Å². The number of aliphatic imine (C=N–C) groups is 1. The summed E-state index contributed by atoms with van der Waals surface area (Å²) in [4.78, 5) is 19.4. The van der Waals surface area contributed by atoms with E-state index in [1.807, 2.05) is 6.20 Å². The number of halogens is 3. The summed E-state index contributed by atoms with van der Waals surface area (Å²) < 4.78 is 13.5. The molecule has 0 aliphatic rings. The van der Waals surface area contributed by atoms with Gasteiger partial charge in [-0.15, -0.1) is 24.0 Å². The summed E-state index contributed by atoms with van der Waals surface area (Å²) in [5.74, 6) is 0.235. The zero-order valence-corrected chi connectivity index (χ0v) is 19.6. The smallest absolute Gasteiger partial charge is 0.251 e. The molecule has 3 aromatic rings. The molecular formula is C21H24ClFIN5O. The monoisotopic (exact) mass is 543 g/mol. The lowest BCUT2D eigenvalue weighted by Gasteiger charge is -2.12. The van der Waals surface area contributed by atoms with E-state index in [-0.39, 0.29) is 35.7 Å². The average Bonchev–Trinajstić information content (AvgIpc) is 3.12. The average molecular weight is 544 g/mol. The topological polar surface area (TPSA) is 81.3 Å². The Kier molecular flexibility index (Phi) is 9.38. The molecule has 160 valence electrons. The van der Waals surface area contributed by atoms with Gasteiger partial charge in [-0.05, 0) is 54.4 Å². The van der Waals surface area contributed by atoms with Crippen molar-refractivity contribution in [3.8, 4) is 0 Å². The number of carbonyl (C=O) groups excluding carboxylic acids is 1. The van der Waals surface area contributed by atoms with Gasteiger partial charge in [0.25, 0.3) is 5.91 Å². The molecule has 0 aliphatic carbocycles. The highest BCUT2D eigenvalue weighted by Gasteiger charge is 2.06. The Morgan fingerprint density at radius 2 is 1.77 bits per heavy atom. The van der Waals surface area contributed by atoms with Crippen LogP contribution in [0.1, 0.15) is 15.9 Å². The first-order valence-corrected chi connectivity index (χ1v) is 9.68. The van der Waals surface area contributed by atoms with Gasteiger partial charge in [0.15, 0.2) is 5.96 Å². The first kappa shape index (κ1) is 23.9. The van der Waals surface area contributed by atoms with Gasteiger partial charge in [0.1, 0.15) is 5.82 Å². The van der Waals surface area contributed by atoms with Crippen LogP contribution in [0.25, 0.3) is 10.9 Å². The Morgan fingerprint density at radius 3 is 2.50 bits per heavy atom. The zero-order valence-electron chi connectivity index (χ0n) is 16.5. The van der Waals surface area contributed by atoms with Crippen LogP contribution in [-0.4, -0.2) is 43.5 Å². The van der Waals surface area contributed by atoms with Crippen molar-refractivity contribution in [1.29, 1.82) is 0 Å². The minimum Gasteiger partial charge on any atom is -0.361 e. The number of aromatic amines is 1. The third-order valence-electron chi connectivity index (χ3n) is 4.45. The van der Waals surface area contributed by atoms with Crippen molar-refractivity contribution in [2.45, 2.75) is 6.42 Å². The van der Waals surface area contributed by atoms with Gasteiger partial charge < -0.3 is 20.9 Å². The van der Waals surface area contributed by atoms with Crippen molar-refractivity contribution >= 4 is 58.3 Å². The summed E-state index contributed by atoms with van der Waals surface area (Å²) in [6.07, 6.45) is 2.62. The van der Waals surface area contributed by atoms with Crippen LogP contribution >= 0.6 is 35.6 Å². The standard InChI is InChI=1S/C21H23ClFN5O.HI/c1-24-21(27-11-10-25-20(29)14-2-4-16(22)5-3-14)26-9-8-15-13-28-19-7-6-17(23)12-18(15)19;/h2-7,12-13,28H,8-11H2,1H3,(H,25,29)(H2,24,26,27);1H. The molecule has 4 N–H and O–H groups in total. The number of aromatic nitrogens is 1. The summed E-state index contributed by atoms with van der Waals surface area (Å²) in [5.41, 5.74) is 2.52. The number of benzene rings is 2. The number of hydrogen-bond donors (Lipinski definition) is 4. The van der Waals surface area contributed by atoms with Crippen LogP contribution in [0.2, 0.25) is 5.02 Å².